The van der Waals surface area contributed by atoms with Gasteiger partial charge >= 0.3 is 0 Å². The van der Waals surface area contributed by atoms with Crippen LogP contribution in [0.4, 0.5) is 0 Å². The zero-order chi connectivity index (χ0) is 12.3. The summed E-state index contributed by atoms with van der Waals surface area (Å²) in [6.07, 6.45) is 4.69. The molecule has 3 nitrogen and oxygen atoms in total. The summed E-state index contributed by atoms with van der Waals surface area (Å²) in [4.78, 5) is 7.81. The largest absolute Gasteiger partial charge is 0.393 e. The molecule has 1 heterocycles. The van der Waals surface area contributed by atoms with Crippen LogP contribution in [0, 0.1) is 12.5 Å². The first-order valence-electron chi connectivity index (χ1n) is 5.91. The Morgan fingerprint density at radius 2 is 2.47 bits per heavy atom. The third-order valence-electron chi connectivity index (χ3n) is 3.49. The predicted octanol–water partition coefficient (Wildman–Crippen LogP) is 2.09. The second-order valence-corrected chi connectivity index (χ2v) is 5.54. The molecule has 1 aliphatic carbocycles. The second kappa shape index (κ2) is 5.66. The monoisotopic (exact) mass is 246 g/mol. The number of hydrogen-bond acceptors (Lipinski definition) is 3. The molecule has 88 valence electrons. The number of thiazole rings is 1. The summed E-state index contributed by atoms with van der Waals surface area (Å²) in [7, 11) is 5.94. The number of rotatable bonds is 4. The van der Waals surface area contributed by atoms with E-state index in [0.717, 1.165) is 24.3 Å². The van der Waals surface area contributed by atoms with E-state index < -0.39 is 6.10 Å². The van der Waals surface area contributed by atoms with Crippen LogP contribution in [-0.2, 0) is 6.42 Å². The second-order valence-electron chi connectivity index (χ2n) is 4.56. The topological polar surface area (TPSA) is 37.5 Å². The fourth-order valence-electron chi connectivity index (χ4n) is 2.52. The molecule has 1 fully saturated rings. The predicted molar refractivity (Wildman–Crippen MR) is 69.1 cm³/mol. The van der Waals surface area contributed by atoms with Crippen LogP contribution in [-0.4, -0.2) is 30.1 Å². The summed E-state index contributed by atoms with van der Waals surface area (Å²) in [6.45, 7) is 7.13. The average molecular weight is 246 g/mol. The Labute approximate surface area is 107 Å². The zero-order valence-corrected chi connectivity index (χ0v) is 10.4. The van der Waals surface area contributed by atoms with E-state index in [1.54, 1.807) is 11.3 Å². The molecule has 0 aliphatic heterocycles. The lowest BCUT2D eigenvalue weighted by molar-refractivity contribution is 0.177. The third-order valence-corrected chi connectivity index (χ3v) is 4.33. The highest BCUT2D eigenvalue weighted by Gasteiger charge is 2.42. The van der Waals surface area contributed by atoms with Crippen LogP contribution in [0.15, 0.2) is 11.6 Å². The summed E-state index contributed by atoms with van der Waals surface area (Å²) < 4.78 is 0. The standard InChI is InChI=1S/C12H15BN2OS/c1-14-9-7-10(16)12(13)8(9)3-2-4-11-15-5-6-17-11/h5-6,8-10,12,16H,2-4,7H2. The van der Waals surface area contributed by atoms with Gasteiger partial charge in [0.05, 0.1) is 19.0 Å². The summed E-state index contributed by atoms with van der Waals surface area (Å²) in [5.74, 6) is -0.0899. The van der Waals surface area contributed by atoms with E-state index in [9.17, 15) is 5.11 Å². The van der Waals surface area contributed by atoms with Gasteiger partial charge in [-0.25, -0.2) is 11.6 Å². The van der Waals surface area contributed by atoms with E-state index >= 15 is 0 Å². The Bertz CT molecular complexity index is 390. The quantitative estimate of drug-likeness (QED) is 0.652. The summed E-state index contributed by atoms with van der Waals surface area (Å²) >= 11 is 1.66. The van der Waals surface area contributed by atoms with Crippen molar-refractivity contribution in [2.75, 3.05) is 0 Å². The minimum absolute atomic E-state index is 0.101. The first-order chi connectivity index (χ1) is 8.22. The molecule has 0 bridgehead atoms. The molecule has 4 unspecified atom stereocenters. The summed E-state index contributed by atoms with van der Waals surface area (Å²) in [5, 5.41) is 12.8. The van der Waals surface area contributed by atoms with Crippen molar-refractivity contribution in [2.45, 2.75) is 43.6 Å². The molecule has 1 aliphatic rings. The lowest BCUT2D eigenvalue weighted by Gasteiger charge is -2.16. The molecule has 2 radical (unpaired) electrons. The lowest BCUT2D eigenvalue weighted by Crippen LogP contribution is -2.16. The number of aliphatic hydroxyl groups excluding tert-OH is 1. The molecule has 1 N–H and O–H groups in total. The van der Waals surface area contributed by atoms with Crippen LogP contribution in [0.3, 0.4) is 0 Å². The van der Waals surface area contributed by atoms with Crippen LogP contribution in [0.25, 0.3) is 4.85 Å². The number of hydrogen-bond donors (Lipinski definition) is 1. The average Bonchev–Trinajstić information content (AvgIpc) is 2.92. The number of aliphatic hydroxyl groups is 1. The molecule has 0 saturated heterocycles. The van der Waals surface area contributed by atoms with Crippen molar-refractivity contribution in [3.8, 4) is 0 Å². The molecule has 17 heavy (non-hydrogen) atoms. The van der Waals surface area contributed by atoms with Crippen molar-refractivity contribution in [3.63, 3.8) is 0 Å². The van der Waals surface area contributed by atoms with Crippen molar-refractivity contribution in [1.82, 2.24) is 4.98 Å². The van der Waals surface area contributed by atoms with Crippen molar-refractivity contribution >= 4 is 19.2 Å². The summed E-state index contributed by atoms with van der Waals surface area (Å²) in [5.41, 5.74) is 0. The molecular weight excluding hydrogens is 231 g/mol. The zero-order valence-electron chi connectivity index (χ0n) is 9.62. The van der Waals surface area contributed by atoms with Crippen molar-refractivity contribution < 1.29 is 5.11 Å². The molecule has 0 spiro atoms. The maximum absolute atomic E-state index is 9.67. The molecule has 0 amide bonds. The van der Waals surface area contributed by atoms with Crippen LogP contribution >= 0.6 is 11.3 Å². The first kappa shape index (κ1) is 12.6. The molecule has 1 aromatic rings. The smallest absolute Gasteiger partial charge is 0.228 e. The fraction of sp³-hybridized carbons (Fsp3) is 0.667. The number of nitrogens with zero attached hydrogens (tertiary/aromatic N) is 2. The van der Waals surface area contributed by atoms with Gasteiger partial charge in [0, 0.05) is 23.9 Å². The van der Waals surface area contributed by atoms with Crippen molar-refractivity contribution in [3.05, 3.63) is 28.0 Å². The molecule has 1 saturated carbocycles. The van der Waals surface area contributed by atoms with Gasteiger partial charge in [-0.1, -0.05) is 0 Å². The van der Waals surface area contributed by atoms with Gasteiger partial charge in [-0.3, -0.25) is 0 Å². The van der Waals surface area contributed by atoms with Crippen molar-refractivity contribution in [2.24, 2.45) is 5.92 Å². The Balaban J connectivity index is 1.83. The van der Waals surface area contributed by atoms with E-state index in [2.05, 4.69) is 9.83 Å². The number of aromatic nitrogens is 1. The van der Waals surface area contributed by atoms with Gasteiger partial charge in [0.2, 0.25) is 6.04 Å². The van der Waals surface area contributed by atoms with E-state index in [4.69, 9.17) is 14.4 Å². The summed E-state index contributed by atoms with van der Waals surface area (Å²) in [6, 6.07) is -0.101. The van der Waals surface area contributed by atoms with Crippen LogP contribution in [0.1, 0.15) is 24.3 Å². The Hall–Kier alpha value is -0.855. The number of aryl methyl sites for hydroxylation is 1. The van der Waals surface area contributed by atoms with Crippen LogP contribution in [0.2, 0.25) is 5.82 Å². The Morgan fingerprint density at radius 1 is 1.65 bits per heavy atom. The maximum atomic E-state index is 9.67. The molecule has 1 aromatic heterocycles. The normalized spacial score (nSPS) is 32.5. The fourth-order valence-corrected chi connectivity index (χ4v) is 3.18. The maximum Gasteiger partial charge on any atom is 0.228 e. The van der Waals surface area contributed by atoms with E-state index in [1.807, 2.05) is 11.6 Å². The van der Waals surface area contributed by atoms with Gasteiger partial charge in [0.15, 0.2) is 0 Å². The van der Waals surface area contributed by atoms with Gasteiger partial charge in [0.25, 0.3) is 0 Å². The van der Waals surface area contributed by atoms with Crippen LogP contribution in [0.5, 0.6) is 0 Å². The van der Waals surface area contributed by atoms with Gasteiger partial charge < -0.3 is 9.95 Å². The SMILES string of the molecule is [B]C1C(O)CC([N+]#[C-])C1CCCc1nccs1. The first-order valence-corrected chi connectivity index (χ1v) is 6.79. The van der Waals surface area contributed by atoms with Gasteiger partial charge in [-0.05, 0) is 25.1 Å². The van der Waals surface area contributed by atoms with Crippen molar-refractivity contribution in [1.29, 1.82) is 0 Å². The van der Waals surface area contributed by atoms with E-state index in [-0.39, 0.29) is 17.8 Å². The Kier molecular flexibility index (Phi) is 4.19. The molecule has 4 atom stereocenters. The Morgan fingerprint density at radius 3 is 3.12 bits per heavy atom. The van der Waals surface area contributed by atoms with Gasteiger partial charge in [-0.15, -0.1) is 11.3 Å². The van der Waals surface area contributed by atoms with Gasteiger partial charge in [0.1, 0.15) is 0 Å². The molecule has 5 heteroatoms. The van der Waals surface area contributed by atoms with Crippen LogP contribution < -0.4 is 0 Å². The highest BCUT2D eigenvalue weighted by Crippen LogP contribution is 2.40. The lowest BCUT2D eigenvalue weighted by atomic mass is 9.75. The molecule has 2 rings (SSSR count). The third kappa shape index (κ3) is 2.88. The molecule has 0 aromatic carbocycles. The van der Waals surface area contributed by atoms with E-state index in [1.165, 1.54) is 0 Å². The minimum atomic E-state index is -0.501. The molecular formula is C12H15BN2OS. The highest BCUT2D eigenvalue weighted by atomic mass is 32.1. The highest BCUT2D eigenvalue weighted by molar-refractivity contribution is 7.09. The van der Waals surface area contributed by atoms with E-state index in [0.29, 0.717) is 6.42 Å². The van der Waals surface area contributed by atoms with Gasteiger partial charge in [-0.2, -0.15) is 0 Å². The minimum Gasteiger partial charge on any atom is -0.393 e.